The average Bonchev–Trinajstić information content (AvgIpc) is 3.54. The predicted molar refractivity (Wildman–Crippen MR) is 105 cm³/mol. The molecule has 2 aromatic carbocycles. The van der Waals surface area contributed by atoms with E-state index in [-0.39, 0.29) is 17.4 Å². The van der Waals surface area contributed by atoms with Gasteiger partial charge in [0.05, 0.1) is 12.7 Å². The number of carbonyl (C=O) groups excluding carboxylic acids is 2. The van der Waals surface area contributed by atoms with Gasteiger partial charge in [-0.15, -0.1) is 0 Å². The van der Waals surface area contributed by atoms with E-state index in [9.17, 15) is 14.0 Å². The second kappa shape index (κ2) is 7.03. The van der Waals surface area contributed by atoms with E-state index < -0.39 is 11.8 Å². The zero-order chi connectivity index (χ0) is 19.8. The Labute approximate surface area is 161 Å². The van der Waals surface area contributed by atoms with Crippen molar-refractivity contribution in [1.82, 2.24) is 4.98 Å². The van der Waals surface area contributed by atoms with E-state index in [1.807, 2.05) is 31.2 Å². The van der Waals surface area contributed by atoms with Gasteiger partial charge in [0, 0.05) is 17.5 Å². The molecule has 0 atom stereocenters. The first-order valence-corrected chi connectivity index (χ1v) is 9.06. The topological polar surface area (TPSA) is 68.3 Å². The number of nitrogens with one attached hydrogen (secondary N) is 1. The number of aromatic nitrogens is 1. The van der Waals surface area contributed by atoms with Crippen molar-refractivity contribution >= 4 is 28.5 Å². The van der Waals surface area contributed by atoms with Crippen LogP contribution in [0.4, 0.5) is 10.2 Å². The first-order chi connectivity index (χ1) is 13.5. The highest BCUT2D eigenvalue weighted by Crippen LogP contribution is 2.31. The summed E-state index contributed by atoms with van der Waals surface area (Å²) in [5.41, 5.74) is 2.19. The van der Waals surface area contributed by atoms with Gasteiger partial charge >= 0.3 is 5.97 Å². The molecule has 1 aliphatic carbocycles. The summed E-state index contributed by atoms with van der Waals surface area (Å²) in [5.74, 6) is -0.660. The molecule has 4 rings (SSSR count). The minimum absolute atomic E-state index is 0.0141. The smallest absolute Gasteiger partial charge is 0.340 e. The fraction of sp³-hybridized carbons (Fsp3) is 0.227. The Morgan fingerprint density at radius 2 is 1.93 bits per heavy atom. The fourth-order valence-corrected chi connectivity index (χ4v) is 3.21. The van der Waals surface area contributed by atoms with Crippen LogP contribution in [0, 0.1) is 18.7 Å². The number of rotatable bonds is 4. The number of esters is 1. The zero-order valence-electron chi connectivity index (χ0n) is 15.6. The van der Waals surface area contributed by atoms with Crippen molar-refractivity contribution < 1.29 is 18.7 Å². The van der Waals surface area contributed by atoms with Crippen molar-refractivity contribution in [3.8, 4) is 11.1 Å². The van der Waals surface area contributed by atoms with Crippen molar-refractivity contribution in [2.24, 2.45) is 5.92 Å². The number of hydrogen-bond donors (Lipinski definition) is 1. The number of carbonyl (C=O) groups is 2. The molecule has 5 nitrogen and oxygen atoms in total. The van der Waals surface area contributed by atoms with Gasteiger partial charge in [-0.2, -0.15) is 0 Å². The van der Waals surface area contributed by atoms with Crippen molar-refractivity contribution in [1.29, 1.82) is 0 Å². The Bertz CT molecular complexity index is 1110. The maximum atomic E-state index is 14.4. The number of pyridine rings is 1. The number of hydrogen-bond acceptors (Lipinski definition) is 4. The van der Waals surface area contributed by atoms with Gasteiger partial charge < -0.3 is 10.1 Å². The minimum atomic E-state index is -0.698. The monoisotopic (exact) mass is 378 g/mol. The van der Waals surface area contributed by atoms with E-state index in [4.69, 9.17) is 0 Å². The maximum Gasteiger partial charge on any atom is 0.340 e. The number of aryl methyl sites for hydroxylation is 1. The predicted octanol–water partition coefficient (Wildman–Crippen LogP) is 4.48. The van der Waals surface area contributed by atoms with Crippen LogP contribution >= 0.6 is 0 Å². The Morgan fingerprint density at radius 1 is 1.14 bits per heavy atom. The molecule has 0 radical (unpaired) electrons. The molecule has 28 heavy (non-hydrogen) atoms. The molecular formula is C22H19FN2O3. The number of methoxy groups -OCH3 is 1. The molecule has 142 valence electrons. The van der Waals surface area contributed by atoms with Crippen LogP contribution in [-0.2, 0) is 9.53 Å². The van der Waals surface area contributed by atoms with E-state index in [1.165, 1.54) is 19.2 Å². The highest BCUT2D eigenvalue weighted by molar-refractivity contribution is 5.96. The van der Waals surface area contributed by atoms with E-state index in [1.54, 1.807) is 6.20 Å². The van der Waals surface area contributed by atoms with Gasteiger partial charge in [-0.05, 0) is 66.1 Å². The van der Waals surface area contributed by atoms with E-state index in [0.717, 1.165) is 34.7 Å². The molecule has 1 saturated carbocycles. The van der Waals surface area contributed by atoms with Gasteiger partial charge in [0.15, 0.2) is 0 Å². The standard InChI is InChI=1S/C22H19FN2O3/c1-12-7-18(22(27)28-2)19(23)10-17(12)15-6-5-14-9-20(24-11-16(14)8-15)25-21(26)13-3-4-13/h5-11,13H,3-4H2,1-2H3,(H,24,25,26). The Kier molecular flexibility index (Phi) is 4.55. The van der Waals surface area contributed by atoms with Gasteiger partial charge in [-0.25, -0.2) is 14.2 Å². The highest BCUT2D eigenvalue weighted by Gasteiger charge is 2.29. The minimum Gasteiger partial charge on any atom is -0.465 e. The van der Waals surface area contributed by atoms with Crippen molar-refractivity contribution in [2.75, 3.05) is 12.4 Å². The molecule has 6 heteroatoms. The normalized spacial score (nSPS) is 13.4. The van der Waals surface area contributed by atoms with Gasteiger partial charge in [-0.3, -0.25) is 4.79 Å². The molecule has 1 amide bonds. The molecule has 3 aromatic rings. The summed E-state index contributed by atoms with van der Waals surface area (Å²) in [6, 6.07) is 10.4. The quantitative estimate of drug-likeness (QED) is 0.680. The number of ether oxygens (including phenoxy) is 1. The molecule has 1 N–H and O–H groups in total. The molecule has 0 bridgehead atoms. The molecular weight excluding hydrogens is 359 g/mol. The van der Waals surface area contributed by atoms with Gasteiger partial charge in [0.1, 0.15) is 11.6 Å². The summed E-state index contributed by atoms with van der Waals surface area (Å²) >= 11 is 0. The average molecular weight is 378 g/mol. The summed E-state index contributed by atoms with van der Waals surface area (Å²) in [6.07, 6.45) is 3.57. The summed E-state index contributed by atoms with van der Waals surface area (Å²) < 4.78 is 19.0. The molecule has 0 unspecified atom stereocenters. The summed E-state index contributed by atoms with van der Waals surface area (Å²) in [4.78, 5) is 27.9. The van der Waals surface area contributed by atoms with Crippen LogP contribution in [0.2, 0.25) is 0 Å². The molecule has 1 fully saturated rings. The SMILES string of the molecule is COC(=O)c1cc(C)c(-c2ccc3cc(NC(=O)C4CC4)ncc3c2)cc1F. The van der Waals surface area contributed by atoms with Crippen LogP contribution in [0.1, 0.15) is 28.8 Å². The largest absolute Gasteiger partial charge is 0.465 e. The first-order valence-electron chi connectivity index (χ1n) is 9.06. The van der Waals surface area contributed by atoms with E-state index in [2.05, 4.69) is 15.0 Å². The lowest BCUT2D eigenvalue weighted by Gasteiger charge is -2.11. The number of anilines is 1. The van der Waals surface area contributed by atoms with Gasteiger partial charge in [0.2, 0.25) is 5.91 Å². The molecule has 0 saturated heterocycles. The van der Waals surface area contributed by atoms with Crippen LogP contribution in [0.25, 0.3) is 21.9 Å². The number of benzene rings is 2. The zero-order valence-corrected chi connectivity index (χ0v) is 15.6. The summed E-state index contributed by atoms with van der Waals surface area (Å²) in [6.45, 7) is 1.82. The Hall–Kier alpha value is -3.28. The molecule has 0 aliphatic heterocycles. The number of halogens is 1. The second-order valence-electron chi connectivity index (χ2n) is 7.03. The number of amides is 1. The van der Waals surface area contributed by atoms with Crippen LogP contribution in [-0.4, -0.2) is 24.0 Å². The highest BCUT2D eigenvalue weighted by atomic mass is 19.1. The summed E-state index contributed by atoms with van der Waals surface area (Å²) in [5, 5.41) is 4.64. The second-order valence-corrected chi connectivity index (χ2v) is 7.03. The number of fused-ring (bicyclic) bond motifs is 1. The van der Waals surface area contributed by atoms with Crippen LogP contribution in [0.15, 0.2) is 42.6 Å². The third kappa shape index (κ3) is 3.45. The third-order valence-corrected chi connectivity index (χ3v) is 4.95. The Balaban J connectivity index is 1.67. The van der Waals surface area contributed by atoms with Gasteiger partial charge in [0.25, 0.3) is 0 Å². The van der Waals surface area contributed by atoms with Crippen molar-refractivity contribution in [3.63, 3.8) is 0 Å². The molecule has 1 heterocycles. The van der Waals surface area contributed by atoms with Crippen LogP contribution < -0.4 is 5.32 Å². The lowest BCUT2D eigenvalue weighted by Crippen LogP contribution is -2.14. The Morgan fingerprint density at radius 3 is 2.64 bits per heavy atom. The molecule has 1 aliphatic rings. The van der Waals surface area contributed by atoms with E-state index in [0.29, 0.717) is 11.4 Å². The fourth-order valence-electron chi connectivity index (χ4n) is 3.21. The van der Waals surface area contributed by atoms with Crippen LogP contribution in [0.5, 0.6) is 0 Å². The van der Waals surface area contributed by atoms with E-state index >= 15 is 0 Å². The van der Waals surface area contributed by atoms with Crippen molar-refractivity contribution in [2.45, 2.75) is 19.8 Å². The molecule has 0 spiro atoms. The number of nitrogens with zero attached hydrogens (tertiary/aromatic N) is 1. The van der Waals surface area contributed by atoms with Crippen LogP contribution in [0.3, 0.4) is 0 Å². The lowest BCUT2D eigenvalue weighted by atomic mass is 9.96. The third-order valence-electron chi connectivity index (χ3n) is 4.95. The lowest BCUT2D eigenvalue weighted by molar-refractivity contribution is -0.117. The maximum absolute atomic E-state index is 14.4. The first kappa shape index (κ1) is 18.1. The molecule has 1 aromatic heterocycles. The van der Waals surface area contributed by atoms with Crippen molar-refractivity contribution in [3.05, 3.63) is 59.5 Å². The summed E-state index contributed by atoms with van der Waals surface area (Å²) in [7, 11) is 1.22. The van der Waals surface area contributed by atoms with Gasteiger partial charge in [-0.1, -0.05) is 12.1 Å².